The lowest BCUT2D eigenvalue weighted by Gasteiger charge is -2.40. The average molecular weight is 532 g/mol. The molecule has 1 saturated heterocycles. The Morgan fingerprint density at radius 3 is 2.15 bits per heavy atom. The van der Waals surface area contributed by atoms with Crippen LogP contribution in [0.15, 0.2) is 97.3 Å². The third-order valence-corrected chi connectivity index (χ3v) is 7.31. The number of benzene rings is 3. The molecule has 0 atom stereocenters. The van der Waals surface area contributed by atoms with Crippen molar-refractivity contribution in [3.8, 4) is 0 Å². The van der Waals surface area contributed by atoms with Gasteiger partial charge in [-0.05, 0) is 30.2 Å². The molecule has 0 amide bonds. The standard InChI is InChI=1S/C31H29N7O2/c1-22-15-16-23-13-8-14-26(27(23)34-22)35-30-29(38(39)40)31(33-21-32-30)37-19-17-36(18-20-37)28(24-9-4-2-5-10-24)25-11-6-3-7-12-25/h2-16,21,28H,17-20H2,1H3,(H,32,33,35). The molecule has 3 aromatic carbocycles. The van der Waals surface area contributed by atoms with E-state index in [2.05, 4.69) is 73.7 Å². The summed E-state index contributed by atoms with van der Waals surface area (Å²) in [6.45, 7) is 4.57. The lowest BCUT2D eigenvalue weighted by molar-refractivity contribution is -0.383. The van der Waals surface area contributed by atoms with Crippen LogP contribution >= 0.6 is 0 Å². The van der Waals surface area contributed by atoms with Crippen LogP contribution in [0.25, 0.3) is 10.9 Å². The van der Waals surface area contributed by atoms with E-state index in [0.717, 1.165) is 29.7 Å². The second kappa shape index (κ2) is 11.1. The maximum atomic E-state index is 12.4. The van der Waals surface area contributed by atoms with Crippen molar-refractivity contribution in [1.29, 1.82) is 0 Å². The van der Waals surface area contributed by atoms with Gasteiger partial charge in [0, 0.05) is 37.3 Å². The molecular formula is C31H29N7O2. The molecule has 1 N–H and O–H groups in total. The van der Waals surface area contributed by atoms with Crippen LogP contribution in [0.1, 0.15) is 22.9 Å². The lowest BCUT2D eigenvalue weighted by atomic mass is 9.96. The molecule has 1 fully saturated rings. The molecule has 9 nitrogen and oxygen atoms in total. The van der Waals surface area contributed by atoms with E-state index in [1.165, 1.54) is 17.5 Å². The van der Waals surface area contributed by atoms with Gasteiger partial charge in [-0.2, -0.15) is 0 Å². The molecule has 0 unspecified atom stereocenters. The molecule has 1 aliphatic heterocycles. The van der Waals surface area contributed by atoms with Crippen molar-refractivity contribution in [2.75, 3.05) is 36.4 Å². The van der Waals surface area contributed by atoms with E-state index in [0.29, 0.717) is 24.6 Å². The zero-order chi connectivity index (χ0) is 27.5. The zero-order valence-electron chi connectivity index (χ0n) is 22.1. The lowest BCUT2D eigenvalue weighted by Crippen LogP contribution is -2.48. The van der Waals surface area contributed by atoms with Crippen LogP contribution in [0.3, 0.4) is 0 Å². The Hall–Kier alpha value is -4.89. The molecule has 9 heteroatoms. The average Bonchev–Trinajstić information content (AvgIpc) is 2.99. The van der Waals surface area contributed by atoms with E-state index in [1.54, 1.807) is 0 Å². The number of hydrogen-bond acceptors (Lipinski definition) is 8. The molecular weight excluding hydrogens is 502 g/mol. The molecule has 3 heterocycles. The third-order valence-electron chi connectivity index (χ3n) is 7.31. The Labute approximate surface area is 232 Å². The van der Waals surface area contributed by atoms with Gasteiger partial charge >= 0.3 is 5.69 Å². The van der Waals surface area contributed by atoms with Crippen LogP contribution < -0.4 is 10.2 Å². The van der Waals surface area contributed by atoms with Gasteiger partial charge in [0.1, 0.15) is 6.33 Å². The number of nitrogens with zero attached hydrogens (tertiary/aromatic N) is 6. The van der Waals surface area contributed by atoms with E-state index in [9.17, 15) is 10.1 Å². The number of para-hydroxylation sites is 1. The van der Waals surface area contributed by atoms with Gasteiger partial charge in [-0.1, -0.05) is 78.9 Å². The number of nitro groups is 1. The number of aryl methyl sites for hydroxylation is 1. The quantitative estimate of drug-likeness (QED) is 0.205. The van der Waals surface area contributed by atoms with Crippen molar-refractivity contribution in [3.05, 3.63) is 124 Å². The fourth-order valence-corrected chi connectivity index (χ4v) is 5.41. The molecule has 40 heavy (non-hydrogen) atoms. The largest absolute Gasteiger partial charge is 0.353 e. The number of piperazine rings is 1. The fourth-order valence-electron chi connectivity index (χ4n) is 5.41. The summed E-state index contributed by atoms with van der Waals surface area (Å²) in [7, 11) is 0. The smallest absolute Gasteiger partial charge is 0.348 e. The molecule has 0 saturated carbocycles. The molecule has 6 rings (SSSR count). The molecule has 2 aromatic heterocycles. The number of nitrogens with one attached hydrogen (secondary N) is 1. The highest BCUT2D eigenvalue weighted by Gasteiger charge is 2.32. The SMILES string of the molecule is Cc1ccc2cccc(Nc3ncnc(N4CCN(C(c5ccccc5)c5ccccc5)CC4)c3[N+](=O)[O-])c2n1. The number of anilines is 3. The monoisotopic (exact) mass is 531 g/mol. The van der Waals surface area contributed by atoms with Crippen molar-refractivity contribution in [3.63, 3.8) is 0 Å². The number of hydrogen-bond donors (Lipinski definition) is 1. The minimum atomic E-state index is -0.398. The van der Waals surface area contributed by atoms with E-state index >= 15 is 0 Å². The van der Waals surface area contributed by atoms with Gasteiger partial charge in [0.25, 0.3) is 0 Å². The molecule has 200 valence electrons. The normalized spacial score (nSPS) is 14.0. The molecule has 0 bridgehead atoms. The highest BCUT2D eigenvalue weighted by molar-refractivity contribution is 5.93. The van der Waals surface area contributed by atoms with Crippen molar-refractivity contribution >= 4 is 33.9 Å². The van der Waals surface area contributed by atoms with Crippen LogP contribution in [-0.4, -0.2) is 51.0 Å². The van der Waals surface area contributed by atoms with Gasteiger partial charge in [-0.3, -0.25) is 20.0 Å². The Bertz CT molecular complexity index is 1600. The highest BCUT2D eigenvalue weighted by Crippen LogP contribution is 2.36. The summed E-state index contributed by atoms with van der Waals surface area (Å²) in [5.41, 5.74) is 4.57. The number of fused-ring (bicyclic) bond motifs is 1. The van der Waals surface area contributed by atoms with Crippen LogP contribution in [0, 0.1) is 17.0 Å². The summed E-state index contributed by atoms with van der Waals surface area (Å²) in [6.07, 6.45) is 1.39. The van der Waals surface area contributed by atoms with Crippen molar-refractivity contribution in [2.24, 2.45) is 0 Å². The predicted octanol–water partition coefficient (Wildman–Crippen LogP) is 5.90. The summed E-state index contributed by atoms with van der Waals surface area (Å²) in [6, 6.07) is 30.7. The maximum Gasteiger partial charge on any atom is 0.353 e. The Balaban J connectivity index is 1.28. The summed E-state index contributed by atoms with van der Waals surface area (Å²) < 4.78 is 0. The van der Waals surface area contributed by atoms with Crippen molar-refractivity contribution in [2.45, 2.75) is 13.0 Å². The minimum Gasteiger partial charge on any atom is -0.348 e. The van der Waals surface area contributed by atoms with Crippen LogP contribution in [0.4, 0.5) is 23.0 Å². The first-order valence-electron chi connectivity index (χ1n) is 13.3. The summed E-state index contributed by atoms with van der Waals surface area (Å²) in [5, 5.41) is 16.5. The second-order valence-electron chi connectivity index (χ2n) is 9.85. The first kappa shape index (κ1) is 25.4. The molecule has 0 radical (unpaired) electrons. The third kappa shape index (κ3) is 5.06. The van der Waals surface area contributed by atoms with Gasteiger partial charge < -0.3 is 10.2 Å². The van der Waals surface area contributed by atoms with Crippen LogP contribution in [0.5, 0.6) is 0 Å². The second-order valence-corrected chi connectivity index (χ2v) is 9.85. The molecule has 1 aliphatic rings. The number of rotatable bonds is 7. The van der Waals surface area contributed by atoms with E-state index in [1.807, 2.05) is 54.3 Å². The van der Waals surface area contributed by atoms with Crippen LogP contribution in [-0.2, 0) is 0 Å². The van der Waals surface area contributed by atoms with E-state index in [-0.39, 0.29) is 17.5 Å². The van der Waals surface area contributed by atoms with Gasteiger partial charge in [0.15, 0.2) is 0 Å². The highest BCUT2D eigenvalue weighted by atomic mass is 16.6. The van der Waals surface area contributed by atoms with Crippen molar-refractivity contribution in [1.82, 2.24) is 19.9 Å². The van der Waals surface area contributed by atoms with E-state index < -0.39 is 4.92 Å². The topological polar surface area (TPSA) is 100 Å². The molecule has 5 aromatic rings. The van der Waals surface area contributed by atoms with Gasteiger partial charge in [-0.15, -0.1) is 0 Å². The minimum absolute atomic E-state index is 0.101. The maximum absolute atomic E-state index is 12.4. The number of aromatic nitrogens is 3. The van der Waals surface area contributed by atoms with Gasteiger partial charge in [-0.25, -0.2) is 9.97 Å². The fraction of sp³-hybridized carbons (Fsp3) is 0.194. The molecule has 0 aliphatic carbocycles. The predicted molar refractivity (Wildman–Crippen MR) is 157 cm³/mol. The van der Waals surface area contributed by atoms with Gasteiger partial charge in [0.2, 0.25) is 11.6 Å². The van der Waals surface area contributed by atoms with Crippen LogP contribution in [0.2, 0.25) is 0 Å². The van der Waals surface area contributed by atoms with Crippen molar-refractivity contribution < 1.29 is 4.92 Å². The summed E-state index contributed by atoms with van der Waals surface area (Å²) in [5.74, 6) is 0.474. The zero-order valence-corrected chi connectivity index (χ0v) is 22.1. The molecule has 0 spiro atoms. The van der Waals surface area contributed by atoms with Gasteiger partial charge in [0.05, 0.1) is 22.2 Å². The number of pyridine rings is 1. The first-order valence-corrected chi connectivity index (χ1v) is 13.3. The van der Waals surface area contributed by atoms with E-state index in [4.69, 9.17) is 0 Å². The Kier molecular flexibility index (Phi) is 7.03. The summed E-state index contributed by atoms with van der Waals surface area (Å²) in [4.78, 5) is 29.7. The first-order chi connectivity index (χ1) is 19.6. The Morgan fingerprint density at radius 1 is 0.825 bits per heavy atom. The Morgan fingerprint density at radius 2 is 1.50 bits per heavy atom. The summed E-state index contributed by atoms with van der Waals surface area (Å²) >= 11 is 0.